The van der Waals surface area contributed by atoms with Crippen LogP contribution < -0.4 is 11.0 Å². The largest absolute Gasteiger partial charge is 0.310 e. The van der Waals surface area contributed by atoms with Gasteiger partial charge in [0.2, 0.25) is 5.91 Å². The Morgan fingerprint density at radius 1 is 1.73 bits per heavy atom. The van der Waals surface area contributed by atoms with Crippen LogP contribution in [0.1, 0.15) is 6.92 Å². The number of carbonyl (C=O) groups excluding carboxylic acids is 1. The van der Waals surface area contributed by atoms with Crippen molar-refractivity contribution in [2.24, 2.45) is 0 Å². The topological polar surface area (TPSA) is 89.8 Å². The molecule has 0 fully saturated rings. The van der Waals surface area contributed by atoms with Crippen LogP contribution in [-0.2, 0) is 4.79 Å². The molecule has 1 N–H and O–H groups in total. The first-order valence-electron chi connectivity index (χ1n) is 2.75. The summed E-state index contributed by atoms with van der Waals surface area (Å²) in [4.78, 5) is 21.5. The summed E-state index contributed by atoms with van der Waals surface area (Å²) >= 11 is 0. The summed E-state index contributed by atoms with van der Waals surface area (Å²) in [5, 5.41) is 9.76. The van der Waals surface area contributed by atoms with Crippen molar-refractivity contribution in [3.05, 3.63) is 16.6 Å². The van der Waals surface area contributed by atoms with Gasteiger partial charge in [-0.2, -0.15) is 0 Å². The van der Waals surface area contributed by atoms with Crippen LogP contribution in [0.5, 0.6) is 0 Å². The molecular formula is C4H5N5O2. The fraction of sp³-hybridized carbons (Fsp3) is 0.250. The maximum absolute atomic E-state index is 10.4. The van der Waals surface area contributed by atoms with E-state index in [1.54, 1.807) is 0 Å². The van der Waals surface area contributed by atoms with Gasteiger partial charge in [0, 0.05) is 6.92 Å². The number of amides is 1. The summed E-state index contributed by atoms with van der Waals surface area (Å²) in [5.41, 5.74) is 1.64. The third kappa shape index (κ3) is 2.12. The maximum atomic E-state index is 10.4. The Labute approximate surface area is 61.0 Å². The third-order valence-electron chi connectivity index (χ3n) is 0.763. The average Bonchev–Trinajstić information content (AvgIpc) is 1.93. The number of hydrogen-bond donors (Lipinski definition) is 1. The smallest absolute Gasteiger partial charge is 0.273 e. The van der Waals surface area contributed by atoms with E-state index in [0.29, 0.717) is 0 Å². The van der Waals surface area contributed by atoms with Gasteiger partial charge in [0.1, 0.15) is 6.20 Å². The number of nitrogens with zero attached hydrogens (tertiary/aromatic N) is 4. The zero-order valence-corrected chi connectivity index (χ0v) is 5.68. The lowest BCUT2D eigenvalue weighted by Crippen LogP contribution is -2.28. The Balaban J connectivity index is 2.82. The highest BCUT2D eigenvalue weighted by Gasteiger charge is 1.92. The van der Waals surface area contributed by atoms with Gasteiger partial charge < -0.3 is 0 Å². The van der Waals surface area contributed by atoms with Crippen molar-refractivity contribution in [1.82, 2.24) is 20.3 Å². The van der Waals surface area contributed by atoms with E-state index in [-0.39, 0.29) is 5.91 Å². The van der Waals surface area contributed by atoms with Gasteiger partial charge in [-0.25, -0.2) is 5.43 Å². The predicted octanol–water partition coefficient (Wildman–Crippen LogP) is -1.88. The zero-order chi connectivity index (χ0) is 8.27. The molecular weight excluding hydrogens is 150 g/mol. The van der Waals surface area contributed by atoms with Crippen molar-refractivity contribution >= 4 is 5.91 Å². The first-order chi connectivity index (χ1) is 5.18. The molecule has 0 radical (unpaired) electrons. The molecule has 1 rings (SSSR count). The Hall–Kier alpha value is -1.79. The lowest BCUT2D eigenvalue weighted by molar-refractivity contribution is -0.115. The summed E-state index contributed by atoms with van der Waals surface area (Å²) < 4.78 is 0. The van der Waals surface area contributed by atoms with Crippen LogP contribution in [0, 0.1) is 0 Å². The quantitative estimate of drug-likeness (QED) is 0.512. The summed E-state index contributed by atoms with van der Waals surface area (Å²) in [6.07, 6.45) is 0.947. The highest BCUT2D eigenvalue weighted by Crippen LogP contribution is 1.63. The molecule has 11 heavy (non-hydrogen) atoms. The zero-order valence-electron chi connectivity index (χ0n) is 5.68. The van der Waals surface area contributed by atoms with E-state index in [1.807, 2.05) is 0 Å². The molecule has 0 saturated heterocycles. The standard InChI is InChI=1S/C4H5N5O2/c1-3(10)7-9-5-2-4(11)6-8-9/h2H,1H3,(H,7,10). The van der Waals surface area contributed by atoms with Gasteiger partial charge in [0.05, 0.1) is 0 Å². The van der Waals surface area contributed by atoms with Crippen molar-refractivity contribution in [2.45, 2.75) is 6.92 Å². The Kier molecular flexibility index (Phi) is 1.90. The molecule has 0 aliphatic rings. The summed E-state index contributed by atoms with van der Waals surface area (Å²) in [7, 11) is 0. The van der Waals surface area contributed by atoms with Gasteiger partial charge in [-0.05, 0) is 5.21 Å². The molecule has 1 heterocycles. The van der Waals surface area contributed by atoms with E-state index < -0.39 is 5.56 Å². The van der Waals surface area contributed by atoms with Gasteiger partial charge in [-0.3, -0.25) is 9.59 Å². The van der Waals surface area contributed by atoms with Gasteiger partial charge in [-0.15, -0.1) is 5.10 Å². The third-order valence-corrected chi connectivity index (χ3v) is 0.763. The maximum Gasteiger partial charge on any atom is 0.310 e. The molecule has 58 valence electrons. The van der Waals surface area contributed by atoms with Gasteiger partial charge in [0.15, 0.2) is 0 Å². The van der Waals surface area contributed by atoms with Gasteiger partial charge >= 0.3 is 5.56 Å². The lowest BCUT2D eigenvalue weighted by Gasteiger charge is -1.98. The second kappa shape index (κ2) is 2.86. The monoisotopic (exact) mass is 155 g/mol. The number of aromatic nitrogens is 4. The molecule has 7 nitrogen and oxygen atoms in total. The average molecular weight is 155 g/mol. The van der Waals surface area contributed by atoms with Crippen molar-refractivity contribution in [1.29, 1.82) is 0 Å². The number of nitrogens with one attached hydrogen (secondary N) is 1. The van der Waals surface area contributed by atoms with E-state index in [9.17, 15) is 9.59 Å². The van der Waals surface area contributed by atoms with Crippen LogP contribution in [-0.4, -0.2) is 26.2 Å². The Morgan fingerprint density at radius 3 is 2.91 bits per heavy atom. The molecule has 0 atom stereocenters. The molecule has 7 heteroatoms. The van der Waals surface area contributed by atoms with Crippen molar-refractivity contribution in [2.75, 3.05) is 5.43 Å². The summed E-state index contributed by atoms with van der Waals surface area (Å²) in [6, 6.07) is 0. The van der Waals surface area contributed by atoms with E-state index in [0.717, 1.165) is 11.1 Å². The van der Waals surface area contributed by atoms with Gasteiger partial charge in [0.25, 0.3) is 0 Å². The number of rotatable bonds is 1. The first-order valence-corrected chi connectivity index (χ1v) is 2.75. The second-order valence-corrected chi connectivity index (χ2v) is 1.73. The van der Waals surface area contributed by atoms with Crippen molar-refractivity contribution in [3.63, 3.8) is 0 Å². The van der Waals surface area contributed by atoms with E-state index in [2.05, 4.69) is 20.8 Å². The van der Waals surface area contributed by atoms with Crippen LogP contribution in [0.2, 0.25) is 0 Å². The Bertz CT molecular complexity index is 298. The van der Waals surface area contributed by atoms with Crippen LogP contribution in [0.4, 0.5) is 0 Å². The van der Waals surface area contributed by atoms with E-state index in [4.69, 9.17) is 0 Å². The van der Waals surface area contributed by atoms with Crippen molar-refractivity contribution < 1.29 is 4.79 Å². The molecule has 0 aliphatic heterocycles. The molecule has 1 amide bonds. The van der Waals surface area contributed by atoms with Crippen LogP contribution in [0.15, 0.2) is 11.0 Å². The summed E-state index contributed by atoms with van der Waals surface area (Å²) in [6.45, 7) is 1.29. The van der Waals surface area contributed by atoms with Crippen molar-refractivity contribution in [3.8, 4) is 0 Å². The highest BCUT2D eigenvalue weighted by atomic mass is 16.2. The molecule has 1 aromatic rings. The molecule has 1 aromatic heterocycles. The SMILES string of the molecule is CC(=O)Nn1ncc(=O)nn1. The minimum absolute atomic E-state index is 0.338. The van der Waals surface area contributed by atoms with Crippen LogP contribution in [0.3, 0.4) is 0 Å². The predicted molar refractivity (Wildman–Crippen MR) is 34.1 cm³/mol. The molecule has 0 spiro atoms. The second-order valence-electron chi connectivity index (χ2n) is 1.73. The van der Waals surface area contributed by atoms with Gasteiger partial charge in [-0.1, -0.05) is 10.0 Å². The van der Waals surface area contributed by atoms with E-state index >= 15 is 0 Å². The normalized spacial score (nSPS) is 9.18. The molecule has 0 saturated carbocycles. The van der Waals surface area contributed by atoms with E-state index in [1.165, 1.54) is 6.92 Å². The fourth-order valence-corrected chi connectivity index (χ4v) is 0.431. The molecule has 0 aliphatic carbocycles. The number of carbonyl (C=O) groups is 1. The molecule has 0 aromatic carbocycles. The first kappa shape index (κ1) is 7.32. The van der Waals surface area contributed by atoms with Crippen LogP contribution in [0.25, 0.3) is 0 Å². The fourth-order valence-electron chi connectivity index (χ4n) is 0.431. The minimum atomic E-state index is -0.549. The highest BCUT2D eigenvalue weighted by molar-refractivity contribution is 5.80. The Morgan fingerprint density at radius 2 is 2.45 bits per heavy atom. The van der Waals surface area contributed by atoms with Crippen LogP contribution >= 0.6 is 0 Å². The summed E-state index contributed by atoms with van der Waals surface area (Å²) in [5.74, 6) is -0.338. The lowest BCUT2D eigenvalue weighted by atomic mass is 10.8. The molecule has 0 bridgehead atoms. The number of hydrogen-bond acceptors (Lipinski definition) is 5. The molecule has 0 unspecified atom stereocenters. The minimum Gasteiger partial charge on any atom is -0.273 e.